The van der Waals surface area contributed by atoms with Gasteiger partial charge in [0.15, 0.2) is 0 Å². The van der Waals surface area contributed by atoms with Crippen LogP contribution in [0.25, 0.3) is 0 Å². The Morgan fingerprint density at radius 2 is 1.81 bits per heavy atom. The summed E-state index contributed by atoms with van der Waals surface area (Å²) in [6.45, 7) is 4.65. The second-order valence-corrected chi connectivity index (χ2v) is 10.6. The number of hydrogen-bond acceptors (Lipinski definition) is 4. The van der Waals surface area contributed by atoms with Crippen LogP contribution in [-0.4, -0.2) is 38.8 Å². The summed E-state index contributed by atoms with van der Waals surface area (Å²) >= 11 is 0. The second kappa shape index (κ2) is 10.4. The number of hydrogen-bond donors (Lipinski definition) is 1. The molecule has 1 saturated heterocycles. The van der Waals surface area contributed by atoms with Gasteiger partial charge in [0.2, 0.25) is 15.9 Å². The molecule has 8 heteroatoms. The maximum Gasteiger partial charge on any atom is 0.243 e. The Hall–Kier alpha value is -2.45. The summed E-state index contributed by atoms with van der Waals surface area (Å²) in [6, 6.07) is 12.2. The number of piperidine rings is 1. The maximum atomic E-state index is 13.2. The van der Waals surface area contributed by atoms with Crippen molar-refractivity contribution in [2.24, 2.45) is 11.8 Å². The third kappa shape index (κ3) is 5.86. The summed E-state index contributed by atoms with van der Waals surface area (Å²) in [4.78, 5) is 13.2. The summed E-state index contributed by atoms with van der Waals surface area (Å²) in [5.74, 6) is 0.0355. The SMILES string of the molecule is COc1ccc([C@@H](CC(C)C)NC(=O)[C@@H]2CCCN(S(=O)(=O)c3ccc(F)cc3)C2)cc1. The van der Waals surface area contributed by atoms with Crippen molar-refractivity contribution in [3.63, 3.8) is 0 Å². The van der Waals surface area contributed by atoms with E-state index in [2.05, 4.69) is 19.2 Å². The van der Waals surface area contributed by atoms with Gasteiger partial charge in [0, 0.05) is 13.1 Å². The van der Waals surface area contributed by atoms with Gasteiger partial charge in [-0.2, -0.15) is 4.31 Å². The highest BCUT2D eigenvalue weighted by atomic mass is 32.2. The number of methoxy groups -OCH3 is 1. The van der Waals surface area contributed by atoms with Crippen LogP contribution in [0.2, 0.25) is 0 Å². The molecule has 6 nitrogen and oxygen atoms in total. The Kier molecular flexibility index (Phi) is 7.90. The van der Waals surface area contributed by atoms with Gasteiger partial charge in [-0.3, -0.25) is 4.79 Å². The molecule has 2 aromatic carbocycles. The third-order valence-corrected chi connectivity index (χ3v) is 7.63. The van der Waals surface area contributed by atoms with Gasteiger partial charge in [0.25, 0.3) is 0 Å². The van der Waals surface area contributed by atoms with Gasteiger partial charge in [-0.05, 0) is 67.1 Å². The minimum absolute atomic E-state index is 0.0378. The van der Waals surface area contributed by atoms with E-state index in [1.165, 1.54) is 16.4 Å². The zero-order chi connectivity index (χ0) is 23.3. The van der Waals surface area contributed by atoms with Crippen molar-refractivity contribution in [1.82, 2.24) is 9.62 Å². The van der Waals surface area contributed by atoms with Crippen LogP contribution in [0.1, 0.15) is 44.7 Å². The van der Waals surface area contributed by atoms with Gasteiger partial charge in [-0.15, -0.1) is 0 Å². The first-order chi connectivity index (χ1) is 15.2. The molecule has 1 amide bonds. The smallest absolute Gasteiger partial charge is 0.243 e. The Labute approximate surface area is 189 Å². The molecule has 3 rings (SSSR count). The number of nitrogens with zero attached hydrogens (tertiary/aromatic N) is 1. The minimum atomic E-state index is -3.78. The molecule has 0 bridgehead atoms. The molecular weight excluding hydrogens is 431 g/mol. The third-order valence-electron chi connectivity index (χ3n) is 5.75. The minimum Gasteiger partial charge on any atom is -0.497 e. The molecule has 0 radical (unpaired) electrons. The average molecular weight is 463 g/mol. The predicted octanol–water partition coefficient (Wildman–Crippen LogP) is 4.14. The molecule has 0 aliphatic carbocycles. The Morgan fingerprint density at radius 3 is 2.41 bits per heavy atom. The lowest BCUT2D eigenvalue weighted by Crippen LogP contribution is -2.46. The number of benzene rings is 2. The van der Waals surface area contributed by atoms with Crippen molar-refractivity contribution in [2.75, 3.05) is 20.2 Å². The summed E-state index contributed by atoms with van der Waals surface area (Å²) in [6.07, 6.45) is 1.98. The van der Waals surface area contributed by atoms with Crippen molar-refractivity contribution in [3.8, 4) is 5.75 Å². The zero-order valence-electron chi connectivity index (χ0n) is 18.8. The summed E-state index contributed by atoms with van der Waals surface area (Å²) < 4.78 is 45.7. The van der Waals surface area contributed by atoms with Crippen LogP contribution in [0, 0.1) is 17.7 Å². The van der Waals surface area contributed by atoms with E-state index in [4.69, 9.17) is 4.74 Å². The van der Waals surface area contributed by atoms with Gasteiger partial charge >= 0.3 is 0 Å². The molecular formula is C24H31FN2O4S. The molecule has 0 spiro atoms. The van der Waals surface area contributed by atoms with Gasteiger partial charge in [-0.1, -0.05) is 26.0 Å². The van der Waals surface area contributed by atoms with Crippen molar-refractivity contribution in [3.05, 3.63) is 59.9 Å². The fourth-order valence-electron chi connectivity index (χ4n) is 4.01. The number of nitrogens with one attached hydrogen (secondary N) is 1. The van der Waals surface area contributed by atoms with Crippen LogP contribution >= 0.6 is 0 Å². The lowest BCUT2D eigenvalue weighted by Gasteiger charge is -2.32. The number of carbonyl (C=O) groups is 1. The number of amides is 1. The largest absolute Gasteiger partial charge is 0.497 e. The second-order valence-electron chi connectivity index (χ2n) is 8.62. The van der Waals surface area contributed by atoms with Crippen molar-refractivity contribution in [2.45, 2.75) is 44.0 Å². The zero-order valence-corrected chi connectivity index (χ0v) is 19.6. The summed E-state index contributed by atoms with van der Waals surface area (Å²) in [5, 5.41) is 3.14. The fourth-order valence-corrected chi connectivity index (χ4v) is 5.53. The highest BCUT2D eigenvalue weighted by Gasteiger charge is 2.34. The van der Waals surface area contributed by atoms with E-state index in [0.717, 1.165) is 29.9 Å². The lowest BCUT2D eigenvalue weighted by atomic mass is 9.94. The van der Waals surface area contributed by atoms with Crippen LogP contribution in [0.5, 0.6) is 5.75 Å². The standard InChI is InChI=1S/C24H31FN2O4S/c1-17(2)15-23(18-6-10-21(31-3)11-7-18)26-24(28)19-5-4-14-27(16-19)32(29,30)22-12-8-20(25)9-13-22/h6-13,17,19,23H,4-5,14-16H2,1-3H3,(H,26,28)/t19-,23-/m1/s1. The molecule has 1 aliphatic rings. The van der Waals surface area contributed by atoms with Gasteiger partial charge in [-0.25, -0.2) is 12.8 Å². The van der Waals surface area contributed by atoms with Crippen LogP contribution in [-0.2, 0) is 14.8 Å². The Morgan fingerprint density at radius 1 is 1.16 bits per heavy atom. The molecule has 32 heavy (non-hydrogen) atoms. The number of rotatable bonds is 8. The average Bonchev–Trinajstić information content (AvgIpc) is 2.78. The fraction of sp³-hybridized carbons (Fsp3) is 0.458. The molecule has 174 valence electrons. The predicted molar refractivity (Wildman–Crippen MR) is 121 cm³/mol. The van der Waals surface area contributed by atoms with E-state index >= 15 is 0 Å². The van der Waals surface area contributed by atoms with Crippen LogP contribution < -0.4 is 10.1 Å². The summed E-state index contributed by atoms with van der Waals surface area (Å²) in [5.41, 5.74) is 0.986. The molecule has 1 aliphatic heterocycles. The molecule has 0 unspecified atom stereocenters. The quantitative estimate of drug-likeness (QED) is 0.640. The maximum absolute atomic E-state index is 13.2. The van der Waals surface area contributed by atoms with Crippen LogP contribution in [0.3, 0.4) is 0 Å². The normalized spacial score (nSPS) is 18.3. The number of carbonyl (C=O) groups excluding carboxylic acids is 1. The molecule has 2 atom stereocenters. The van der Waals surface area contributed by atoms with Gasteiger partial charge in [0.1, 0.15) is 11.6 Å². The van der Waals surface area contributed by atoms with E-state index in [1.54, 1.807) is 7.11 Å². The number of halogens is 1. The Balaban J connectivity index is 1.72. The van der Waals surface area contributed by atoms with E-state index in [-0.39, 0.29) is 23.4 Å². The highest BCUT2D eigenvalue weighted by Crippen LogP contribution is 2.27. The lowest BCUT2D eigenvalue weighted by molar-refractivity contribution is -0.127. The first-order valence-corrected chi connectivity index (χ1v) is 12.3. The van der Waals surface area contributed by atoms with E-state index < -0.39 is 21.8 Å². The molecule has 1 fully saturated rings. The van der Waals surface area contributed by atoms with Crippen LogP contribution in [0.4, 0.5) is 4.39 Å². The number of ether oxygens (including phenoxy) is 1. The summed E-state index contributed by atoms with van der Waals surface area (Å²) in [7, 11) is -2.17. The molecule has 0 saturated carbocycles. The number of sulfonamides is 1. The van der Waals surface area contributed by atoms with E-state index in [1.807, 2.05) is 24.3 Å². The molecule has 1 N–H and O–H groups in total. The van der Waals surface area contributed by atoms with Crippen molar-refractivity contribution in [1.29, 1.82) is 0 Å². The highest BCUT2D eigenvalue weighted by molar-refractivity contribution is 7.89. The monoisotopic (exact) mass is 462 g/mol. The van der Waals surface area contributed by atoms with E-state index in [9.17, 15) is 17.6 Å². The van der Waals surface area contributed by atoms with Crippen molar-refractivity contribution < 1.29 is 22.3 Å². The van der Waals surface area contributed by atoms with Gasteiger partial charge < -0.3 is 10.1 Å². The molecule has 1 heterocycles. The molecule has 0 aromatic heterocycles. The van der Waals surface area contributed by atoms with Crippen LogP contribution in [0.15, 0.2) is 53.4 Å². The topological polar surface area (TPSA) is 75.7 Å². The van der Waals surface area contributed by atoms with Gasteiger partial charge in [0.05, 0.1) is 24.0 Å². The first kappa shape index (κ1) is 24.2. The van der Waals surface area contributed by atoms with E-state index in [0.29, 0.717) is 25.3 Å². The molecule has 2 aromatic rings. The Bertz CT molecular complexity index is 1010. The van der Waals surface area contributed by atoms with Crippen molar-refractivity contribution >= 4 is 15.9 Å². The first-order valence-electron chi connectivity index (χ1n) is 10.9.